The first kappa shape index (κ1) is 16.9. The third kappa shape index (κ3) is 5.37. The Labute approximate surface area is 107 Å². The Morgan fingerprint density at radius 1 is 1.06 bits per heavy atom. The summed E-state index contributed by atoms with van der Waals surface area (Å²) in [7, 11) is 0. The lowest BCUT2D eigenvalue weighted by atomic mass is 10.4. The average molecular weight is 295 g/mol. The fourth-order valence-corrected chi connectivity index (χ4v) is 2.21. The Morgan fingerprint density at radius 3 is 1.76 bits per heavy atom. The van der Waals surface area contributed by atoms with Crippen molar-refractivity contribution in [2.24, 2.45) is 0 Å². The molecule has 0 saturated carbocycles. The molecule has 0 aliphatic rings. The van der Waals surface area contributed by atoms with E-state index in [0.29, 0.717) is 25.9 Å². The van der Waals surface area contributed by atoms with Gasteiger partial charge in [0, 0.05) is 13.1 Å². The van der Waals surface area contributed by atoms with E-state index < -0.39 is 27.5 Å². The molecule has 1 nitrogen and oxygen atoms in total. The molecule has 0 amide bonds. The average Bonchev–Trinajstić information content (AvgIpc) is 2.14. The minimum absolute atomic E-state index is 0.383. The number of halogens is 5. The van der Waals surface area contributed by atoms with Crippen LogP contribution in [0.3, 0.4) is 0 Å². The summed E-state index contributed by atoms with van der Waals surface area (Å²) in [5.41, 5.74) is 0. The van der Waals surface area contributed by atoms with Crippen LogP contribution in [0.1, 0.15) is 26.7 Å². The van der Waals surface area contributed by atoms with Gasteiger partial charge in [-0.05, 0) is 24.6 Å². The van der Waals surface area contributed by atoms with Crippen molar-refractivity contribution in [1.82, 2.24) is 4.90 Å². The number of thioether (sulfide) groups is 1. The third-order valence-corrected chi connectivity index (χ3v) is 3.22. The van der Waals surface area contributed by atoms with Gasteiger partial charge in [0.05, 0.1) is 0 Å². The normalized spacial score (nSPS) is 12.6. The van der Waals surface area contributed by atoms with E-state index in [1.54, 1.807) is 13.8 Å². The van der Waals surface area contributed by atoms with Gasteiger partial charge in [0.1, 0.15) is 4.32 Å². The Morgan fingerprint density at radius 2 is 1.47 bits per heavy atom. The lowest BCUT2D eigenvalue weighted by Gasteiger charge is -2.27. The predicted octanol–water partition coefficient (Wildman–Crippen LogP) is 4.28. The Bertz CT molecular complexity index is 248. The zero-order chi connectivity index (χ0) is 13.7. The van der Waals surface area contributed by atoms with Gasteiger partial charge in [-0.25, -0.2) is 0 Å². The molecule has 0 heterocycles. The second-order valence-corrected chi connectivity index (χ2v) is 5.12. The van der Waals surface area contributed by atoms with Crippen molar-refractivity contribution in [3.8, 4) is 0 Å². The molecule has 0 aliphatic carbocycles. The van der Waals surface area contributed by atoms with Crippen molar-refractivity contribution in [3.63, 3.8) is 0 Å². The molecule has 0 fully saturated rings. The molecule has 0 atom stereocenters. The van der Waals surface area contributed by atoms with Crippen LogP contribution in [0.15, 0.2) is 0 Å². The summed E-state index contributed by atoms with van der Waals surface area (Å²) in [5, 5.41) is -4.83. The van der Waals surface area contributed by atoms with E-state index in [4.69, 9.17) is 0 Å². The number of hydrogen-bond donors (Lipinski definition) is 0. The van der Waals surface area contributed by atoms with Crippen molar-refractivity contribution in [2.75, 3.05) is 13.1 Å². The summed E-state index contributed by atoms with van der Waals surface area (Å²) in [6.07, 6.45) is -4.30. The first-order valence-corrected chi connectivity index (χ1v) is 6.30. The van der Waals surface area contributed by atoms with Crippen molar-refractivity contribution in [3.05, 3.63) is 0 Å². The van der Waals surface area contributed by atoms with Crippen LogP contribution in [0.25, 0.3) is 0 Å². The summed E-state index contributed by atoms with van der Waals surface area (Å²) in [6.45, 7) is 4.37. The topological polar surface area (TPSA) is 3.24 Å². The molecule has 0 N–H and O–H groups in total. The summed E-state index contributed by atoms with van der Waals surface area (Å²) < 4.78 is 61.0. The van der Waals surface area contributed by atoms with Crippen molar-refractivity contribution >= 4 is 28.3 Å². The van der Waals surface area contributed by atoms with Gasteiger partial charge < -0.3 is 4.90 Å². The van der Waals surface area contributed by atoms with E-state index in [-0.39, 0.29) is 0 Å². The number of rotatable bonds is 5. The van der Waals surface area contributed by atoms with E-state index in [9.17, 15) is 22.0 Å². The van der Waals surface area contributed by atoms with Gasteiger partial charge >= 0.3 is 11.4 Å². The van der Waals surface area contributed by atoms with Gasteiger partial charge in [-0.1, -0.05) is 26.1 Å². The third-order valence-electron chi connectivity index (χ3n) is 1.79. The molecule has 0 aromatic carbocycles. The van der Waals surface area contributed by atoms with Crippen LogP contribution in [0.5, 0.6) is 0 Å². The monoisotopic (exact) mass is 295 g/mol. The highest BCUT2D eigenvalue weighted by Crippen LogP contribution is 2.45. The molecule has 0 aliphatic heterocycles. The SMILES string of the molecule is CCCN(CCC)C(=S)SC(F)(F)C(F)(F)F. The maximum atomic E-state index is 12.7. The van der Waals surface area contributed by atoms with Gasteiger partial charge in [0.25, 0.3) is 0 Å². The minimum atomic E-state index is -5.58. The predicted molar refractivity (Wildman–Crippen MR) is 63.3 cm³/mol. The lowest BCUT2D eigenvalue weighted by molar-refractivity contribution is -0.237. The van der Waals surface area contributed by atoms with E-state index in [0.717, 1.165) is 0 Å². The summed E-state index contributed by atoms with van der Waals surface area (Å²) in [4.78, 5) is 1.37. The van der Waals surface area contributed by atoms with Gasteiger partial charge in [0.2, 0.25) is 0 Å². The molecule has 0 radical (unpaired) electrons. The quantitative estimate of drug-likeness (QED) is 0.550. The molecule has 8 heteroatoms. The Balaban J connectivity index is 4.59. The summed E-state index contributed by atoms with van der Waals surface area (Å²) in [6, 6.07) is 0. The summed E-state index contributed by atoms with van der Waals surface area (Å²) in [5.74, 6) is 0. The smallest absolute Gasteiger partial charge is 0.357 e. The van der Waals surface area contributed by atoms with Gasteiger partial charge in [-0.3, -0.25) is 0 Å². The number of nitrogens with zero attached hydrogens (tertiary/aromatic N) is 1. The number of thiocarbonyl (C=S) groups is 1. The first-order chi connectivity index (χ1) is 7.65. The molecule has 0 saturated heterocycles. The van der Waals surface area contributed by atoms with Crippen LogP contribution < -0.4 is 0 Å². The fraction of sp³-hybridized carbons (Fsp3) is 0.889. The molecular formula is C9H14F5NS2. The molecule has 102 valence electrons. The second kappa shape index (κ2) is 6.72. The highest BCUT2D eigenvalue weighted by molar-refractivity contribution is 8.23. The second-order valence-electron chi connectivity index (χ2n) is 3.37. The Hall–Kier alpha value is -0.110. The molecule has 0 spiro atoms. The highest BCUT2D eigenvalue weighted by atomic mass is 32.2. The lowest BCUT2D eigenvalue weighted by Crippen LogP contribution is -2.38. The van der Waals surface area contributed by atoms with Crippen LogP contribution >= 0.6 is 24.0 Å². The molecule has 17 heavy (non-hydrogen) atoms. The molecule has 0 aromatic rings. The number of alkyl halides is 5. The molecule has 0 aromatic heterocycles. The van der Waals surface area contributed by atoms with E-state index in [2.05, 4.69) is 12.2 Å². The standard InChI is InChI=1S/C9H14F5NS2/c1-3-5-15(6-4-2)7(16)17-9(13,14)8(10,11)12/h3-6H2,1-2H3. The van der Waals surface area contributed by atoms with Crippen LogP contribution in [0.4, 0.5) is 22.0 Å². The van der Waals surface area contributed by atoms with Gasteiger partial charge in [0.15, 0.2) is 0 Å². The fourth-order valence-electron chi connectivity index (χ4n) is 1.07. The molecule has 0 unspecified atom stereocenters. The maximum absolute atomic E-state index is 12.7. The van der Waals surface area contributed by atoms with E-state index in [1.165, 1.54) is 4.90 Å². The molecule has 0 bridgehead atoms. The minimum Gasteiger partial charge on any atom is -0.357 e. The summed E-state index contributed by atoms with van der Waals surface area (Å²) >= 11 is 4.03. The van der Waals surface area contributed by atoms with Crippen molar-refractivity contribution < 1.29 is 22.0 Å². The van der Waals surface area contributed by atoms with Crippen molar-refractivity contribution in [2.45, 2.75) is 38.1 Å². The maximum Gasteiger partial charge on any atom is 0.464 e. The Kier molecular flexibility index (Phi) is 6.68. The van der Waals surface area contributed by atoms with Gasteiger partial charge in [-0.15, -0.1) is 0 Å². The molecule has 0 rings (SSSR count). The van der Waals surface area contributed by atoms with Crippen LogP contribution in [0, 0.1) is 0 Å². The van der Waals surface area contributed by atoms with Gasteiger partial charge in [-0.2, -0.15) is 22.0 Å². The van der Waals surface area contributed by atoms with Crippen LogP contribution in [-0.4, -0.2) is 33.7 Å². The van der Waals surface area contributed by atoms with Crippen molar-refractivity contribution in [1.29, 1.82) is 0 Å². The van der Waals surface area contributed by atoms with E-state index >= 15 is 0 Å². The van der Waals surface area contributed by atoms with E-state index in [1.807, 2.05) is 0 Å². The zero-order valence-electron chi connectivity index (χ0n) is 9.48. The number of hydrogen-bond acceptors (Lipinski definition) is 2. The largest absolute Gasteiger partial charge is 0.464 e. The zero-order valence-corrected chi connectivity index (χ0v) is 11.1. The highest BCUT2D eigenvalue weighted by Gasteiger charge is 2.59. The molecular weight excluding hydrogens is 281 g/mol. The van der Waals surface area contributed by atoms with Crippen LogP contribution in [-0.2, 0) is 0 Å². The van der Waals surface area contributed by atoms with Crippen LogP contribution in [0.2, 0.25) is 0 Å². The first-order valence-electron chi connectivity index (χ1n) is 5.08.